The molecule has 19 heteroatoms. The lowest BCUT2D eigenvalue weighted by molar-refractivity contribution is -0.379. The van der Waals surface area contributed by atoms with Crippen molar-refractivity contribution < 1.29 is 89.4 Å². The second-order valence-electron chi connectivity index (χ2n) is 24.6. The Bertz CT molecular complexity index is 2290. The lowest BCUT2D eigenvalue weighted by atomic mass is 9.96. The van der Waals surface area contributed by atoms with Gasteiger partial charge in [-0.1, -0.05) is 224 Å². The molecule has 3 fully saturated rings. The fourth-order valence-corrected chi connectivity index (χ4v) is 10.9. The van der Waals surface area contributed by atoms with Gasteiger partial charge in [0, 0.05) is 6.42 Å². The third-order valence-electron chi connectivity index (χ3n) is 16.6. The molecule has 0 aromatic rings. The Hall–Kier alpha value is -4.33. The third kappa shape index (κ3) is 36.9. The SMILES string of the molecule is CC/C=C\C/C=C\C/C=C\C/C=C\C/C=C\C/C=C\C/C=C\C/C=C\C/C=C\C/C=C\CCCCC(=O)NC(COC1OC(CO)C(OC2OC(CO)C(OC3OC(CO)C(O)C(O)C3O)C(O)C2O)C(O)C1O)C(O)/C=C/CC/C=C/CCCCCCCCCCCCC. The molecule has 12 N–H and O–H groups in total. The fourth-order valence-electron chi connectivity index (χ4n) is 10.9. The lowest BCUT2D eigenvalue weighted by Crippen LogP contribution is -2.66. The highest BCUT2D eigenvalue weighted by atomic mass is 16.8. The maximum Gasteiger partial charge on any atom is 0.220 e. The number of carbonyl (C=O) groups is 1. The van der Waals surface area contributed by atoms with Gasteiger partial charge in [0.15, 0.2) is 18.9 Å². The molecule has 17 unspecified atom stereocenters. The van der Waals surface area contributed by atoms with E-state index in [1.165, 1.54) is 64.2 Å². The van der Waals surface area contributed by atoms with E-state index in [4.69, 9.17) is 28.4 Å². The predicted octanol–water partition coefficient (Wildman–Crippen LogP) is 9.93. The van der Waals surface area contributed by atoms with Gasteiger partial charge in [0.1, 0.15) is 73.2 Å². The van der Waals surface area contributed by atoms with Gasteiger partial charge in [-0.15, -0.1) is 0 Å². The minimum absolute atomic E-state index is 0.170. The van der Waals surface area contributed by atoms with Crippen molar-refractivity contribution in [3.05, 3.63) is 146 Å². The van der Waals surface area contributed by atoms with Crippen LogP contribution in [0.15, 0.2) is 146 Å². The summed E-state index contributed by atoms with van der Waals surface area (Å²) in [5.74, 6) is -0.334. The molecular formula is C76H123NO18. The summed E-state index contributed by atoms with van der Waals surface area (Å²) in [5, 5.41) is 120. The van der Waals surface area contributed by atoms with E-state index in [0.29, 0.717) is 12.8 Å². The number of nitrogens with one attached hydrogen (secondary N) is 1. The molecule has 3 rings (SSSR count). The van der Waals surface area contributed by atoms with Gasteiger partial charge < -0.3 is 89.9 Å². The van der Waals surface area contributed by atoms with Crippen LogP contribution in [0.5, 0.6) is 0 Å². The number of hydrogen-bond acceptors (Lipinski definition) is 18. The smallest absolute Gasteiger partial charge is 0.220 e. The van der Waals surface area contributed by atoms with Crippen LogP contribution in [0, 0.1) is 0 Å². The maximum atomic E-state index is 13.4. The number of allylic oxidation sites excluding steroid dienone is 23. The molecule has 0 aliphatic carbocycles. The van der Waals surface area contributed by atoms with E-state index in [1.54, 1.807) is 6.08 Å². The molecule has 19 nitrogen and oxygen atoms in total. The summed E-state index contributed by atoms with van der Waals surface area (Å²) in [6, 6.07) is -1.03. The van der Waals surface area contributed by atoms with Crippen LogP contribution in [0.25, 0.3) is 0 Å². The van der Waals surface area contributed by atoms with Crippen LogP contribution in [0.3, 0.4) is 0 Å². The summed E-state index contributed by atoms with van der Waals surface area (Å²) >= 11 is 0. The quantitative estimate of drug-likeness (QED) is 0.0199. The van der Waals surface area contributed by atoms with E-state index in [-0.39, 0.29) is 12.3 Å². The van der Waals surface area contributed by atoms with Gasteiger partial charge in [-0.3, -0.25) is 4.79 Å². The van der Waals surface area contributed by atoms with Gasteiger partial charge in [-0.05, 0) is 109 Å². The van der Waals surface area contributed by atoms with E-state index in [1.807, 2.05) is 6.08 Å². The highest BCUT2D eigenvalue weighted by Crippen LogP contribution is 2.33. The van der Waals surface area contributed by atoms with Crippen LogP contribution in [0.1, 0.15) is 194 Å². The summed E-state index contributed by atoms with van der Waals surface area (Å²) in [6.07, 6.45) is 52.5. The van der Waals surface area contributed by atoms with Crippen LogP contribution in [0.2, 0.25) is 0 Å². The highest BCUT2D eigenvalue weighted by Gasteiger charge is 2.53. The first-order valence-corrected chi connectivity index (χ1v) is 35.6. The van der Waals surface area contributed by atoms with Crippen molar-refractivity contribution in [2.75, 3.05) is 26.4 Å². The Labute approximate surface area is 568 Å². The Morgan fingerprint density at radius 2 is 0.737 bits per heavy atom. The first kappa shape index (κ1) is 84.9. The molecule has 0 aromatic heterocycles. The van der Waals surface area contributed by atoms with Gasteiger partial charge in [-0.2, -0.15) is 0 Å². The minimum atomic E-state index is -1.99. The molecule has 17 atom stereocenters. The zero-order chi connectivity index (χ0) is 68.9. The molecule has 0 bridgehead atoms. The number of rotatable bonds is 52. The van der Waals surface area contributed by atoms with Crippen LogP contribution in [0.4, 0.5) is 0 Å². The average Bonchev–Trinajstić information content (AvgIpc) is 0.786. The van der Waals surface area contributed by atoms with Crippen molar-refractivity contribution in [1.29, 1.82) is 0 Å². The van der Waals surface area contributed by atoms with E-state index in [9.17, 15) is 61.0 Å². The van der Waals surface area contributed by atoms with E-state index >= 15 is 0 Å². The van der Waals surface area contributed by atoms with E-state index < -0.39 is 131 Å². The zero-order valence-electron chi connectivity index (χ0n) is 57.1. The Morgan fingerprint density at radius 3 is 1.18 bits per heavy atom. The monoisotopic (exact) mass is 1340 g/mol. The molecule has 3 aliphatic heterocycles. The second kappa shape index (κ2) is 55.5. The lowest BCUT2D eigenvalue weighted by Gasteiger charge is -2.48. The van der Waals surface area contributed by atoms with Gasteiger partial charge in [-0.25, -0.2) is 0 Å². The molecule has 3 aliphatic rings. The summed E-state index contributed by atoms with van der Waals surface area (Å²) in [5.41, 5.74) is 0. The number of carbonyl (C=O) groups excluding carboxylic acids is 1. The topological polar surface area (TPSA) is 307 Å². The minimum Gasteiger partial charge on any atom is -0.394 e. The number of ether oxygens (including phenoxy) is 6. The van der Waals surface area contributed by atoms with Crippen molar-refractivity contribution in [3.8, 4) is 0 Å². The van der Waals surface area contributed by atoms with E-state index in [0.717, 1.165) is 96.3 Å². The molecular weight excluding hydrogens is 1210 g/mol. The average molecular weight is 1340 g/mol. The van der Waals surface area contributed by atoms with Gasteiger partial charge >= 0.3 is 0 Å². The Kier molecular flexibility index (Phi) is 49.6. The molecule has 0 aromatic carbocycles. The second-order valence-corrected chi connectivity index (χ2v) is 24.6. The number of unbranched alkanes of at least 4 members (excludes halogenated alkanes) is 14. The molecule has 1 amide bonds. The predicted molar refractivity (Wildman–Crippen MR) is 373 cm³/mol. The van der Waals surface area contributed by atoms with Crippen molar-refractivity contribution in [2.45, 2.75) is 298 Å². The van der Waals surface area contributed by atoms with Gasteiger partial charge in [0.2, 0.25) is 5.91 Å². The first-order valence-electron chi connectivity index (χ1n) is 35.6. The number of aliphatic hydroxyl groups is 11. The van der Waals surface area contributed by atoms with Gasteiger partial charge in [0.05, 0.1) is 38.6 Å². The first-order chi connectivity index (χ1) is 46.3. The van der Waals surface area contributed by atoms with Crippen LogP contribution in [-0.4, -0.2) is 193 Å². The van der Waals surface area contributed by atoms with Crippen LogP contribution in [-0.2, 0) is 33.2 Å². The number of aliphatic hydroxyl groups excluding tert-OH is 11. The molecule has 0 radical (unpaired) electrons. The fraction of sp³-hybridized carbons (Fsp3) is 0.671. The van der Waals surface area contributed by atoms with Crippen molar-refractivity contribution >= 4 is 5.91 Å². The summed E-state index contributed by atoms with van der Waals surface area (Å²) in [7, 11) is 0. The normalized spacial score (nSPS) is 28.1. The third-order valence-corrected chi connectivity index (χ3v) is 16.6. The summed E-state index contributed by atoms with van der Waals surface area (Å²) in [4.78, 5) is 13.4. The summed E-state index contributed by atoms with van der Waals surface area (Å²) < 4.78 is 34.3. The van der Waals surface area contributed by atoms with Crippen LogP contribution >= 0.6 is 0 Å². The highest BCUT2D eigenvalue weighted by molar-refractivity contribution is 5.76. The number of hydrogen-bond donors (Lipinski definition) is 12. The molecule has 0 saturated carbocycles. The maximum absolute atomic E-state index is 13.4. The van der Waals surface area contributed by atoms with Gasteiger partial charge in [0.25, 0.3) is 0 Å². The van der Waals surface area contributed by atoms with Crippen molar-refractivity contribution in [3.63, 3.8) is 0 Å². The van der Waals surface area contributed by atoms with Crippen LogP contribution < -0.4 is 5.32 Å². The molecule has 540 valence electrons. The molecule has 95 heavy (non-hydrogen) atoms. The van der Waals surface area contributed by atoms with Crippen molar-refractivity contribution in [2.24, 2.45) is 0 Å². The largest absolute Gasteiger partial charge is 0.394 e. The molecule has 3 heterocycles. The molecule has 3 saturated heterocycles. The van der Waals surface area contributed by atoms with E-state index in [2.05, 4.69) is 153 Å². The number of amides is 1. The van der Waals surface area contributed by atoms with Crippen molar-refractivity contribution in [1.82, 2.24) is 5.32 Å². The Balaban J connectivity index is 1.44. The zero-order valence-corrected chi connectivity index (χ0v) is 57.1. The molecule has 0 spiro atoms. The standard InChI is InChI=1S/C76H123NO18/c1-3-5-7-9-11-13-15-17-19-21-22-23-24-25-26-27-28-29-30-31-32-33-34-35-36-38-40-42-44-46-48-50-52-54-64(82)77-59(60(81)53-51-49-47-45-43-41-39-37-20-18-16-14-12-10-8-6-4-2)58-90-74-70(88)67(85)72(62(56-79)92-74)95-76-71(89)68(86)73(63(57-80)93-76)94-75-69(87)66(84)65(83)61(55-78)91-75/h5,7,11,13,17,19,22-23,25-26,28-29,31-32,34-35,38,40,43-46,51,53,59-63,65-76,78-81,83-89H,3-4,6,8-10,12,14-16,18,20-21,24,27,30,33,36-37,39,41-42,47-50,52,54-58H2,1-2H3,(H,77,82)/b7-5-,13-11-,19-17-,23-22-,26-25-,29-28-,32-31-,35-34-,40-38-,45-43+,46-44-,53-51+. The Morgan fingerprint density at radius 1 is 0.389 bits per heavy atom. The summed E-state index contributed by atoms with van der Waals surface area (Å²) in [6.45, 7) is 1.54.